The Morgan fingerprint density at radius 3 is 2.81 bits per heavy atom. The van der Waals surface area contributed by atoms with Crippen molar-refractivity contribution in [3.05, 3.63) is 54.1 Å². The minimum absolute atomic E-state index is 0.0189. The van der Waals surface area contributed by atoms with Crippen LogP contribution in [-0.2, 0) is 0 Å². The van der Waals surface area contributed by atoms with Gasteiger partial charge >= 0.3 is 0 Å². The number of benzene rings is 1. The van der Waals surface area contributed by atoms with E-state index in [2.05, 4.69) is 9.97 Å². The summed E-state index contributed by atoms with van der Waals surface area (Å²) < 4.78 is 5.17. The van der Waals surface area contributed by atoms with Gasteiger partial charge in [0.15, 0.2) is 0 Å². The van der Waals surface area contributed by atoms with Crippen LogP contribution in [0.1, 0.15) is 21.4 Å². The van der Waals surface area contributed by atoms with Crippen molar-refractivity contribution in [2.75, 3.05) is 19.4 Å². The van der Waals surface area contributed by atoms with Crippen molar-refractivity contribution >= 4 is 17.7 Å². The molecule has 1 fully saturated rings. The fourth-order valence-electron chi connectivity index (χ4n) is 2.28. The van der Waals surface area contributed by atoms with Gasteiger partial charge in [-0.15, -0.1) is 11.8 Å². The fourth-order valence-corrected chi connectivity index (χ4v) is 3.54. The Bertz CT molecular complexity index is 619. The number of methoxy groups -OCH3 is 1. The van der Waals surface area contributed by atoms with E-state index in [-0.39, 0.29) is 11.3 Å². The Morgan fingerprint density at radius 2 is 2.14 bits per heavy atom. The molecule has 1 aromatic heterocycles. The molecular formula is C15H15N3O2S. The second kappa shape index (κ2) is 6.13. The number of rotatable bonds is 3. The third-order valence-corrected chi connectivity index (χ3v) is 4.60. The molecule has 6 heteroatoms. The number of carbonyl (C=O) groups is 1. The highest BCUT2D eigenvalue weighted by Gasteiger charge is 2.31. The zero-order valence-electron chi connectivity index (χ0n) is 11.6. The van der Waals surface area contributed by atoms with Gasteiger partial charge < -0.3 is 9.64 Å². The smallest absolute Gasteiger partial charge is 0.275 e. The van der Waals surface area contributed by atoms with Crippen LogP contribution in [0.25, 0.3) is 0 Å². The second-order valence-electron chi connectivity index (χ2n) is 4.59. The first-order valence-electron chi connectivity index (χ1n) is 6.62. The molecule has 5 nitrogen and oxygen atoms in total. The monoisotopic (exact) mass is 301 g/mol. The summed E-state index contributed by atoms with van der Waals surface area (Å²) >= 11 is 1.76. The average Bonchev–Trinajstić information content (AvgIpc) is 3.04. The molecule has 1 aromatic carbocycles. The van der Waals surface area contributed by atoms with Crippen LogP contribution >= 0.6 is 11.8 Å². The summed E-state index contributed by atoms with van der Waals surface area (Å²) in [4.78, 5) is 22.4. The average molecular weight is 301 g/mol. The lowest BCUT2D eigenvalue weighted by atomic mass is 10.2. The van der Waals surface area contributed by atoms with E-state index in [4.69, 9.17) is 4.74 Å². The minimum atomic E-state index is -0.0751. The van der Waals surface area contributed by atoms with Crippen molar-refractivity contribution in [1.29, 1.82) is 0 Å². The van der Waals surface area contributed by atoms with E-state index in [1.54, 1.807) is 31.3 Å². The Morgan fingerprint density at radius 1 is 1.33 bits per heavy atom. The van der Waals surface area contributed by atoms with Gasteiger partial charge in [0, 0.05) is 24.7 Å². The highest BCUT2D eigenvalue weighted by atomic mass is 32.2. The zero-order chi connectivity index (χ0) is 14.7. The summed E-state index contributed by atoms with van der Waals surface area (Å²) in [6.07, 6.45) is 4.62. The molecule has 1 saturated heterocycles. The highest BCUT2D eigenvalue weighted by Crippen LogP contribution is 2.38. The van der Waals surface area contributed by atoms with E-state index >= 15 is 0 Å². The van der Waals surface area contributed by atoms with Crippen LogP contribution in [-0.4, -0.2) is 40.2 Å². The molecule has 0 N–H and O–H groups in total. The second-order valence-corrected chi connectivity index (χ2v) is 5.77. The predicted octanol–water partition coefficient (Wildman–Crippen LogP) is 2.37. The molecule has 1 unspecified atom stereocenters. The molecule has 2 heterocycles. The Labute approximate surface area is 127 Å². The molecule has 1 aliphatic rings. The van der Waals surface area contributed by atoms with E-state index in [1.807, 2.05) is 29.2 Å². The first-order valence-corrected chi connectivity index (χ1v) is 7.67. The van der Waals surface area contributed by atoms with Crippen LogP contribution in [0.2, 0.25) is 0 Å². The molecule has 0 saturated carbocycles. The number of amides is 1. The topological polar surface area (TPSA) is 55.3 Å². The van der Waals surface area contributed by atoms with Crippen LogP contribution in [0, 0.1) is 0 Å². The van der Waals surface area contributed by atoms with E-state index < -0.39 is 0 Å². The van der Waals surface area contributed by atoms with Crippen molar-refractivity contribution in [2.24, 2.45) is 0 Å². The molecule has 0 aliphatic carbocycles. The standard InChI is InChI=1S/C15H15N3O2S/c1-20-12-4-2-11(3-5-12)15-18(8-9-21-15)14(19)13-10-16-6-7-17-13/h2-7,10,15H,8-9H2,1H3. The van der Waals surface area contributed by atoms with Gasteiger partial charge in [-0.3, -0.25) is 9.78 Å². The van der Waals surface area contributed by atoms with Crippen LogP contribution < -0.4 is 4.74 Å². The number of thioether (sulfide) groups is 1. The SMILES string of the molecule is COc1ccc(C2SCCN2C(=O)c2cnccn2)cc1. The highest BCUT2D eigenvalue weighted by molar-refractivity contribution is 7.99. The van der Waals surface area contributed by atoms with Crippen molar-refractivity contribution in [3.63, 3.8) is 0 Å². The normalized spacial score (nSPS) is 17.8. The molecular weight excluding hydrogens is 286 g/mol. The maximum atomic E-state index is 12.5. The van der Waals surface area contributed by atoms with Gasteiger partial charge in [0.1, 0.15) is 16.8 Å². The van der Waals surface area contributed by atoms with E-state index in [1.165, 1.54) is 6.20 Å². The summed E-state index contributed by atoms with van der Waals surface area (Å²) in [7, 11) is 1.64. The van der Waals surface area contributed by atoms with Gasteiger partial charge in [-0.25, -0.2) is 4.98 Å². The van der Waals surface area contributed by atoms with Crippen molar-refractivity contribution < 1.29 is 9.53 Å². The number of hydrogen-bond acceptors (Lipinski definition) is 5. The summed E-state index contributed by atoms with van der Waals surface area (Å²) in [5.74, 6) is 1.66. The Hall–Kier alpha value is -2.08. The summed E-state index contributed by atoms with van der Waals surface area (Å²) in [6, 6.07) is 7.83. The molecule has 3 rings (SSSR count). The molecule has 0 spiro atoms. The first kappa shape index (κ1) is 13.9. The largest absolute Gasteiger partial charge is 0.497 e. The van der Waals surface area contributed by atoms with Crippen molar-refractivity contribution in [1.82, 2.24) is 14.9 Å². The van der Waals surface area contributed by atoms with E-state index in [0.29, 0.717) is 5.69 Å². The number of hydrogen-bond donors (Lipinski definition) is 0. The molecule has 21 heavy (non-hydrogen) atoms. The van der Waals surface area contributed by atoms with Crippen LogP contribution in [0.15, 0.2) is 42.9 Å². The number of nitrogens with zero attached hydrogens (tertiary/aromatic N) is 3. The predicted molar refractivity (Wildman–Crippen MR) is 81.3 cm³/mol. The molecule has 1 aliphatic heterocycles. The van der Waals surface area contributed by atoms with Crippen LogP contribution in [0.4, 0.5) is 0 Å². The van der Waals surface area contributed by atoms with E-state index in [9.17, 15) is 4.79 Å². The number of carbonyl (C=O) groups excluding carboxylic acids is 1. The quantitative estimate of drug-likeness (QED) is 0.871. The third-order valence-electron chi connectivity index (χ3n) is 3.34. The molecule has 0 bridgehead atoms. The maximum absolute atomic E-state index is 12.5. The zero-order valence-corrected chi connectivity index (χ0v) is 12.4. The Balaban J connectivity index is 1.83. The molecule has 1 amide bonds. The van der Waals surface area contributed by atoms with Crippen molar-refractivity contribution in [3.8, 4) is 5.75 Å². The van der Waals surface area contributed by atoms with Crippen LogP contribution in [0.5, 0.6) is 5.75 Å². The third kappa shape index (κ3) is 2.85. The van der Waals surface area contributed by atoms with Gasteiger partial charge in [-0.05, 0) is 17.7 Å². The lowest BCUT2D eigenvalue weighted by Gasteiger charge is -2.23. The molecule has 2 aromatic rings. The van der Waals surface area contributed by atoms with Gasteiger partial charge in [0.05, 0.1) is 13.3 Å². The van der Waals surface area contributed by atoms with Gasteiger partial charge in [0.2, 0.25) is 0 Å². The van der Waals surface area contributed by atoms with E-state index in [0.717, 1.165) is 23.6 Å². The van der Waals surface area contributed by atoms with Gasteiger partial charge in [0.25, 0.3) is 5.91 Å². The van der Waals surface area contributed by atoms with Crippen LogP contribution in [0.3, 0.4) is 0 Å². The fraction of sp³-hybridized carbons (Fsp3) is 0.267. The summed E-state index contributed by atoms with van der Waals surface area (Å²) in [5.41, 5.74) is 1.48. The van der Waals surface area contributed by atoms with Gasteiger partial charge in [-0.2, -0.15) is 0 Å². The Kier molecular flexibility index (Phi) is 4.06. The molecule has 108 valence electrons. The summed E-state index contributed by atoms with van der Waals surface area (Å²) in [6.45, 7) is 0.719. The summed E-state index contributed by atoms with van der Waals surface area (Å²) in [5, 5.41) is 0.0189. The lowest BCUT2D eigenvalue weighted by Crippen LogP contribution is -2.31. The maximum Gasteiger partial charge on any atom is 0.275 e. The van der Waals surface area contributed by atoms with Gasteiger partial charge in [-0.1, -0.05) is 12.1 Å². The lowest BCUT2D eigenvalue weighted by molar-refractivity contribution is 0.0754. The molecule has 0 radical (unpaired) electrons. The number of ether oxygens (including phenoxy) is 1. The molecule has 1 atom stereocenters. The number of aromatic nitrogens is 2. The minimum Gasteiger partial charge on any atom is -0.497 e. The van der Waals surface area contributed by atoms with Crippen molar-refractivity contribution in [2.45, 2.75) is 5.37 Å². The first-order chi connectivity index (χ1) is 10.3.